The molecule has 4 rings (SSSR count). The SMILES string of the molecule is Cc1c(C(=O)N(CC(=O)Nc2ccccc2C(F)(F)F)Cc2ccco2)oc2ccccc12. The van der Waals surface area contributed by atoms with Crippen LogP contribution < -0.4 is 5.32 Å². The van der Waals surface area contributed by atoms with E-state index >= 15 is 0 Å². The Morgan fingerprint density at radius 1 is 1.00 bits per heavy atom. The number of anilines is 1. The Hall–Kier alpha value is -4.01. The molecule has 0 saturated heterocycles. The van der Waals surface area contributed by atoms with E-state index in [2.05, 4.69) is 5.32 Å². The van der Waals surface area contributed by atoms with E-state index in [1.54, 1.807) is 31.2 Å². The molecular weight excluding hydrogens is 437 g/mol. The Bertz CT molecular complexity index is 1290. The lowest BCUT2D eigenvalue weighted by Gasteiger charge is -2.21. The first-order chi connectivity index (χ1) is 15.7. The molecule has 0 unspecified atom stereocenters. The van der Waals surface area contributed by atoms with Crippen LogP contribution in [-0.2, 0) is 17.5 Å². The molecule has 9 heteroatoms. The maximum absolute atomic E-state index is 13.3. The highest BCUT2D eigenvalue weighted by atomic mass is 19.4. The summed E-state index contributed by atoms with van der Waals surface area (Å²) >= 11 is 0. The van der Waals surface area contributed by atoms with Gasteiger partial charge < -0.3 is 19.1 Å². The first-order valence-corrected chi connectivity index (χ1v) is 10.00. The number of carbonyl (C=O) groups excluding carboxylic acids is 2. The molecule has 0 saturated carbocycles. The molecule has 2 aromatic heterocycles. The third-order valence-corrected chi connectivity index (χ3v) is 5.09. The van der Waals surface area contributed by atoms with Gasteiger partial charge in [0, 0.05) is 10.9 Å². The summed E-state index contributed by atoms with van der Waals surface area (Å²) in [6.45, 7) is 1.14. The summed E-state index contributed by atoms with van der Waals surface area (Å²) in [5, 5.41) is 3.01. The van der Waals surface area contributed by atoms with E-state index in [4.69, 9.17) is 8.83 Å². The summed E-state index contributed by atoms with van der Waals surface area (Å²) in [4.78, 5) is 27.2. The molecule has 0 aliphatic rings. The number of carbonyl (C=O) groups is 2. The van der Waals surface area contributed by atoms with Crippen LogP contribution >= 0.6 is 0 Å². The number of fused-ring (bicyclic) bond motifs is 1. The summed E-state index contributed by atoms with van der Waals surface area (Å²) < 4.78 is 50.8. The number of alkyl halides is 3. The second kappa shape index (κ2) is 8.85. The van der Waals surface area contributed by atoms with Crippen molar-refractivity contribution < 1.29 is 31.6 Å². The zero-order valence-electron chi connectivity index (χ0n) is 17.5. The van der Waals surface area contributed by atoms with Gasteiger partial charge in [0.15, 0.2) is 5.76 Å². The molecule has 2 heterocycles. The maximum atomic E-state index is 13.3. The third-order valence-electron chi connectivity index (χ3n) is 5.09. The van der Waals surface area contributed by atoms with Crippen LogP contribution in [0, 0.1) is 6.92 Å². The van der Waals surface area contributed by atoms with Gasteiger partial charge in [-0.05, 0) is 37.3 Å². The van der Waals surface area contributed by atoms with Crippen molar-refractivity contribution >= 4 is 28.5 Å². The minimum absolute atomic E-state index is 0.0475. The third kappa shape index (κ3) is 4.77. The van der Waals surface area contributed by atoms with Gasteiger partial charge in [-0.25, -0.2) is 0 Å². The lowest BCUT2D eigenvalue weighted by molar-refractivity contribution is -0.137. The van der Waals surface area contributed by atoms with Crippen molar-refractivity contribution in [3.05, 3.63) is 89.6 Å². The number of nitrogens with one attached hydrogen (secondary N) is 1. The van der Waals surface area contributed by atoms with Gasteiger partial charge in [-0.1, -0.05) is 30.3 Å². The number of furan rings is 2. The topological polar surface area (TPSA) is 75.7 Å². The number of rotatable bonds is 6. The predicted octanol–water partition coefficient (Wildman–Crippen LogP) is 5.63. The van der Waals surface area contributed by atoms with Gasteiger partial charge >= 0.3 is 6.18 Å². The van der Waals surface area contributed by atoms with Gasteiger partial charge in [0.25, 0.3) is 5.91 Å². The van der Waals surface area contributed by atoms with E-state index in [0.717, 1.165) is 22.4 Å². The molecule has 0 spiro atoms. The Morgan fingerprint density at radius 2 is 1.73 bits per heavy atom. The van der Waals surface area contributed by atoms with Crippen LogP contribution in [0.25, 0.3) is 11.0 Å². The second-order valence-corrected chi connectivity index (χ2v) is 7.38. The highest BCUT2D eigenvalue weighted by Gasteiger charge is 2.34. The second-order valence-electron chi connectivity index (χ2n) is 7.38. The molecule has 33 heavy (non-hydrogen) atoms. The minimum atomic E-state index is -4.64. The van der Waals surface area contributed by atoms with Crippen LogP contribution in [0.15, 0.2) is 75.8 Å². The first kappa shape index (κ1) is 22.2. The van der Waals surface area contributed by atoms with Crippen LogP contribution in [0.4, 0.5) is 18.9 Å². The molecular formula is C24H19F3N2O4. The Morgan fingerprint density at radius 3 is 2.42 bits per heavy atom. The number of aryl methyl sites for hydroxylation is 1. The summed E-state index contributed by atoms with van der Waals surface area (Å²) in [6.07, 6.45) is -3.22. The molecule has 0 radical (unpaired) electrons. The highest BCUT2D eigenvalue weighted by Crippen LogP contribution is 2.34. The molecule has 2 aromatic carbocycles. The van der Waals surface area contributed by atoms with Crippen molar-refractivity contribution in [3.63, 3.8) is 0 Å². The fourth-order valence-electron chi connectivity index (χ4n) is 3.51. The first-order valence-electron chi connectivity index (χ1n) is 10.00. The fraction of sp³-hybridized carbons (Fsp3) is 0.167. The molecule has 4 aromatic rings. The maximum Gasteiger partial charge on any atom is 0.418 e. The number of hydrogen-bond donors (Lipinski definition) is 1. The smallest absolute Gasteiger partial charge is 0.418 e. The zero-order chi connectivity index (χ0) is 23.6. The van der Waals surface area contributed by atoms with Crippen LogP contribution in [0.3, 0.4) is 0 Å². The van der Waals surface area contributed by atoms with E-state index in [-0.39, 0.29) is 18.0 Å². The van der Waals surface area contributed by atoms with E-state index in [1.807, 2.05) is 12.1 Å². The van der Waals surface area contributed by atoms with Gasteiger partial charge in [-0.15, -0.1) is 0 Å². The Balaban J connectivity index is 1.61. The molecule has 1 N–H and O–H groups in total. The number of halogens is 3. The molecule has 0 fully saturated rings. The highest BCUT2D eigenvalue weighted by molar-refractivity contribution is 6.02. The summed E-state index contributed by atoms with van der Waals surface area (Å²) in [6, 6.07) is 15.0. The standard InChI is InChI=1S/C24H19F3N2O4/c1-15-17-8-2-5-11-20(17)33-22(15)23(31)29(13-16-7-6-12-32-16)14-21(30)28-19-10-4-3-9-18(19)24(25,26)27/h2-12H,13-14H2,1H3,(H,28,30). The molecule has 2 amide bonds. The molecule has 170 valence electrons. The summed E-state index contributed by atoms with van der Waals surface area (Å²) in [7, 11) is 0. The summed E-state index contributed by atoms with van der Waals surface area (Å²) in [5.41, 5.74) is -0.251. The average Bonchev–Trinajstić information content (AvgIpc) is 3.40. The Labute approximate surface area is 186 Å². The van der Waals surface area contributed by atoms with Crippen molar-refractivity contribution in [1.29, 1.82) is 0 Å². The summed E-state index contributed by atoms with van der Waals surface area (Å²) in [5.74, 6) is -0.924. The number of nitrogens with zero attached hydrogens (tertiary/aromatic N) is 1. The number of hydrogen-bond acceptors (Lipinski definition) is 4. The van der Waals surface area contributed by atoms with Crippen LogP contribution in [-0.4, -0.2) is 23.3 Å². The molecule has 0 atom stereocenters. The van der Waals surface area contributed by atoms with Gasteiger partial charge in [-0.3, -0.25) is 9.59 Å². The van der Waals surface area contributed by atoms with Gasteiger partial charge in [0.1, 0.15) is 17.9 Å². The lowest BCUT2D eigenvalue weighted by atomic mass is 10.1. The zero-order valence-corrected chi connectivity index (χ0v) is 17.5. The number of para-hydroxylation sites is 2. The van der Waals surface area contributed by atoms with E-state index in [9.17, 15) is 22.8 Å². The van der Waals surface area contributed by atoms with Crippen LogP contribution in [0.5, 0.6) is 0 Å². The van der Waals surface area contributed by atoms with Gasteiger partial charge in [0.05, 0.1) is 24.1 Å². The molecule has 0 bridgehead atoms. The van der Waals surface area contributed by atoms with Crippen molar-refractivity contribution in [3.8, 4) is 0 Å². The monoisotopic (exact) mass is 456 g/mol. The van der Waals surface area contributed by atoms with Crippen molar-refractivity contribution in [1.82, 2.24) is 4.90 Å². The Kier molecular flexibility index (Phi) is 5.95. The average molecular weight is 456 g/mol. The van der Waals surface area contributed by atoms with Gasteiger partial charge in [-0.2, -0.15) is 13.2 Å². The predicted molar refractivity (Wildman–Crippen MR) is 114 cm³/mol. The van der Waals surface area contributed by atoms with Crippen molar-refractivity contribution in [2.24, 2.45) is 0 Å². The number of benzene rings is 2. The quantitative estimate of drug-likeness (QED) is 0.408. The molecule has 6 nitrogen and oxygen atoms in total. The molecule has 0 aliphatic heterocycles. The van der Waals surface area contributed by atoms with Crippen molar-refractivity contribution in [2.45, 2.75) is 19.6 Å². The minimum Gasteiger partial charge on any atom is -0.467 e. The normalized spacial score (nSPS) is 11.5. The number of amides is 2. The van der Waals surface area contributed by atoms with Crippen molar-refractivity contribution in [2.75, 3.05) is 11.9 Å². The van der Waals surface area contributed by atoms with E-state index < -0.39 is 30.1 Å². The van der Waals surface area contributed by atoms with E-state index in [1.165, 1.54) is 18.4 Å². The van der Waals surface area contributed by atoms with Crippen LogP contribution in [0.2, 0.25) is 0 Å². The van der Waals surface area contributed by atoms with Crippen LogP contribution in [0.1, 0.15) is 27.4 Å². The molecule has 0 aliphatic carbocycles. The lowest BCUT2D eigenvalue weighted by Crippen LogP contribution is -2.37. The van der Waals surface area contributed by atoms with Gasteiger partial charge in [0.2, 0.25) is 5.91 Å². The van der Waals surface area contributed by atoms with E-state index in [0.29, 0.717) is 16.9 Å². The fourth-order valence-corrected chi connectivity index (χ4v) is 3.51. The largest absolute Gasteiger partial charge is 0.467 e.